The number of fused-ring (bicyclic) bond motifs is 1. The Morgan fingerprint density at radius 2 is 1.85 bits per heavy atom. The lowest BCUT2D eigenvalue weighted by Gasteiger charge is -2.41. The van der Waals surface area contributed by atoms with Gasteiger partial charge in [-0.15, -0.1) is 0 Å². The van der Waals surface area contributed by atoms with Crippen molar-refractivity contribution in [1.29, 1.82) is 0 Å². The molecule has 2 N–H and O–H groups in total. The predicted octanol–water partition coefficient (Wildman–Crippen LogP) is 4.40. The lowest BCUT2D eigenvalue weighted by Crippen LogP contribution is -2.47. The second-order valence-electron chi connectivity index (χ2n) is 6.52. The summed E-state index contributed by atoms with van der Waals surface area (Å²) in [5.41, 5.74) is 2.59. The van der Waals surface area contributed by atoms with Crippen LogP contribution < -0.4 is 15.4 Å². The zero-order valence-corrected chi connectivity index (χ0v) is 12.7. The molecule has 0 atom stereocenters. The minimum absolute atomic E-state index is 0.206. The van der Waals surface area contributed by atoms with Gasteiger partial charge in [0.2, 0.25) is 0 Å². The summed E-state index contributed by atoms with van der Waals surface area (Å²) in [6.07, 6.45) is 8.19. The average molecular weight is 274 g/mol. The van der Waals surface area contributed by atoms with Crippen LogP contribution >= 0.6 is 0 Å². The standard InChI is InChI=1S/C17H26N2O/c1-13(2)20-15-9-7-8-14-16(15)18-12-17(19-14)10-5-3-4-6-11-17/h7-9,13,18-19H,3-6,10-12H2,1-2H3. The topological polar surface area (TPSA) is 33.3 Å². The molecule has 3 rings (SSSR count). The fourth-order valence-corrected chi connectivity index (χ4v) is 3.46. The van der Waals surface area contributed by atoms with Crippen LogP contribution in [-0.4, -0.2) is 18.2 Å². The Kier molecular flexibility index (Phi) is 3.77. The third-order valence-corrected chi connectivity index (χ3v) is 4.45. The second-order valence-corrected chi connectivity index (χ2v) is 6.52. The average Bonchev–Trinajstić information content (AvgIpc) is 2.64. The molecule has 3 nitrogen and oxygen atoms in total. The van der Waals surface area contributed by atoms with E-state index in [1.54, 1.807) is 0 Å². The Hall–Kier alpha value is -1.38. The number of ether oxygens (including phenoxy) is 1. The lowest BCUT2D eigenvalue weighted by molar-refractivity contribution is 0.243. The normalized spacial score (nSPS) is 20.8. The molecular weight excluding hydrogens is 248 g/mol. The van der Waals surface area contributed by atoms with Crippen LogP contribution in [0.15, 0.2) is 18.2 Å². The van der Waals surface area contributed by atoms with E-state index in [9.17, 15) is 0 Å². The molecule has 2 aliphatic rings. The van der Waals surface area contributed by atoms with Crippen LogP contribution in [-0.2, 0) is 0 Å². The van der Waals surface area contributed by atoms with Crippen molar-refractivity contribution in [3.05, 3.63) is 18.2 Å². The van der Waals surface area contributed by atoms with Crippen LogP contribution in [0.25, 0.3) is 0 Å². The molecule has 1 aliphatic heterocycles. The Balaban J connectivity index is 1.84. The molecule has 0 saturated heterocycles. The second kappa shape index (κ2) is 5.55. The zero-order chi connectivity index (χ0) is 14.0. The number of anilines is 2. The van der Waals surface area contributed by atoms with E-state index in [4.69, 9.17) is 4.74 Å². The summed E-state index contributed by atoms with van der Waals surface area (Å²) in [6.45, 7) is 5.16. The van der Waals surface area contributed by atoms with Gasteiger partial charge in [0.1, 0.15) is 11.4 Å². The molecule has 1 fully saturated rings. The summed E-state index contributed by atoms with van der Waals surface area (Å²) in [4.78, 5) is 0. The fraction of sp³-hybridized carbons (Fsp3) is 0.647. The van der Waals surface area contributed by atoms with Gasteiger partial charge in [0.25, 0.3) is 0 Å². The molecule has 0 bridgehead atoms. The molecule has 0 aromatic heterocycles. The molecule has 1 spiro atoms. The Bertz CT molecular complexity index is 462. The highest BCUT2D eigenvalue weighted by Gasteiger charge is 2.35. The first-order valence-corrected chi connectivity index (χ1v) is 8.00. The molecule has 3 heteroatoms. The van der Waals surface area contributed by atoms with Crippen LogP contribution in [0.5, 0.6) is 5.75 Å². The van der Waals surface area contributed by atoms with Gasteiger partial charge in [-0.2, -0.15) is 0 Å². The van der Waals surface area contributed by atoms with E-state index in [-0.39, 0.29) is 11.6 Å². The van der Waals surface area contributed by atoms with Gasteiger partial charge in [-0.25, -0.2) is 0 Å². The Morgan fingerprint density at radius 1 is 1.10 bits per heavy atom. The number of benzene rings is 1. The smallest absolute Gasteiger partial charge is 0.144 e. The van der Waals surface area contributed by atoms with E-state index >= 15 is 0 Å². The molecule has 1 saturated carbocycles. The number of hydrogen-bond donors (Lipinski definition) is 2. The molecule has 0 radical (unpaired) electrons. The zero-order valence-electron chi connectivity index (χ0n) is 12.7. The van der Waals surface area contributed by atoms with E-state index in [0.717, 1.165) is 18.0 Å². The first-order valence-electron chi connectivity index (χ1n) is 8.00. The summed E-state index contributed by atoms with van der Waals surface area (Å²) in [5, 5.41) is 7.46. The fourth-order valence-electron chi connectivity index (χ4n) is 3.46. The van der Waals surface area contributed by atoms with Crippen LogP contribution in [0, 0.1) is 0 Å². The molecule has 1 heterocycles. The number of hydrogen-bond acceptors (Lipinski definition) is 3. The van der Waals surface area contributed by atoms with Gasteiger partial charge in [-0.05, 0) is 38.8 Å². The van der Waals surface area contributed by atoms with Crippen LogP contribution in [0.2, 0.25) is 0 Å². The van der Waals surface area contributed by atoms with Crippen LogP contribution in [0.1, 0.15) is 52.4 Å². The number of para-hydroxylation sites is 1. The summed E-state index contributed by atoms with van der Waals surface area (Å²) >= 11 is 0. The lowest BCUT2D eigenvalue weighted by atomic mass is 9.87. The van der Waals surface area contributed by atoms with Crippen LogP contribution in [0.4, 0.5) is 11.4 Å². The third kappa shape index (κ3) is 2.72. The van der Waals surface area contributed by atoms with Gasteiger partial charge in [0.05, 0.1) is 17.3 Å². The van der Waals surface area contributed by atoms with Crippen molar-refractivity contribution in [2.75, 3.05) is 17.2 Å². The van der Waals surface area contributed by atoms with Crippen molar-refractivity contribution in [2.45, 2.75) is 64.0 Å². The molecular formula is C17H26N2O. The summed E-state index contributed by atoms with van der Waals surface area (Å²) in [6, 6.07) is 6.31. The summed E-state index contributed by atoms with van der Waals surface area (Å²) in [5.74, 6) is 0.966. The quantitative estimate of drug-likeness (QED) is 0.838. The molecule has 1 aromatic rings. The minimum Gasteiger partial charge on any atom is -0.489 e. The highest BCUT2D eigenvalue weighted by Crippen LogP contribution is 2.41. The van der Waals surface area contributed by atoms with Crippen LogP contribution in [0.3, 0.4) is 0 Å². The predicted molar refractivity (Wildman–Crippen MR) is 84.8 cm³/mol. The Morgan fingerprint density at radius 3 is 2.55 bits per heavy atom. The maximum absolute atomic E-state index is 5.91. The number of rotatable bonds is 2. The first kappa shape index (κ1) is 13.6. The van der Waals surface area contributed by atoms with E-state index in [1.807, 2.05) is 0 Å². The SMILES string of the molecule is CC(C)Oc1cccc2c1NCC1(CCCCCC1)N2. The maximum atomic E-state index is 5.91. The molecule has 1 aromatic carbocycles. The van der Waals surface area contributed by atoms with Gasteiger partial charge in [0.15, 0.2) is 0 Å². The molecule has 20 heavy (non-hydrogen) atoms. The van der Waals surface area contributed by atoms with Crippen molar-refractivity contribution in [2.24, 2.45) is 0 Å². The van der Waals surface area contributed by atoms with Crippen molar-refractivity contribution < 1.29 is 4.74 Å². The molecule has 110 valence electrons. The summed E-state index contributed by atoms with van der Waals surface area (Å²) < 4.78 is 5.91. The highest BCUT2D eigenvalue weighted by atomic mass is 16.5. The molecule has 0 amide bonds. The van der Waals surface area contributed by atoms with Gasteiger partial charge in [-0.3, -0.25) is 0 Å². The summed E-state index contributed by atoms with van der Waals surface area (Å²) in [7, 11) is 0. The van der Waals surface area contributed by atoms with Crippen molar-refractivity contribution in [1.82, 2.24) is 0 Å². The third-order valence-electron chi connectivity index (χ3n) is 4.45. The molecule has 0 unspecified atom stereocenters. The van der Waals surface area contributed by atoms with Crippen molar-refractivity contribution in [3.63, 3.8) is 0 Å². The van der Waals surface area contributed by atoms with Crippen molar-refractivity contribution in [3.8, 4) is 5.75 Å². The minimum atomic E-state index is 0.206. The molecule has 1 aliphatic carbocycles. The van der Waals surface area contributed by atoms with E-state index in [1.165, 1.54) is 44.2 Å². The maximum Gasteiger partial charge on any atom is 0.144 e. The Labute approximate surface area is 122 Å². The largest absolute Gasteiger partial charge is 0.489 e. The highest BCUT2D eigenvalue weighted by molar-refractivity contribution is 5.78. The number of nitrogens with one attached hydrogen (secondary N) is 2. The first-order chi connectivity index (χ1) is 9.69. The van der Waals surface area contributed by atoms with E-state index in [0.29, 0.717) is 0 Å². The monoisotopic (exact) mass is 274 g/mol. The van der Waals surface area contributed by atoms with Gasteiger partial charge in [-0.1, -0.05) is 31.7 Å². The van der Waals surface area contributed by atoms with Crippen molar-refractivity contribution >= 4 is 11.4 Å². The van der Waals surface area contributed by atoms with Gasteiger partial charge >= 0.3 is 0 Å². The van der Waals surface area contributed by atoms with Gasteiger partial charge < -0.3 is 15.4 Å². The van der Waals surface area contributed by atoms with Gasteiger partial charge in [0, 0.05) is 6.54 Å². The van der Waals surface area contributed by atoms with E-state index in [2.05, 4.69) is 42.7 Å². The van der Waals surface area contributed by atoms with E-state index < -0.39 is 0 Å².